The van der Waals surface area contributed by atoms with E-state index >= 15 is 0 Å². The molecule has 1 N–H and O–H groups in total. The van der Waals surface area contributed by atoms with Crippen LogP contribution in [-0.2, 0) is 4.79 Å². The highest BCUT2D eigenvalue weighted by Gasteiger charge is 2.36. The number of allylic oxidation sites excluding steroid dienone is 2. The number of ketones is 1. The highest BCUT2D eigenvalue weighted by Crippen LogP contribution is 2.40. The summed E-state index contributed by atoms with van der Waals surface area (Å²) in [5.74, 6) is -1.44. The number of Topliss-reactive ketones (excluding diaryl/α,β-unsaturated/α-hetero) is 1. The van der Waals surface area contributed by atoms with Crippen molar-refractivity contribution < 1.29 is 14.7 Å². The van der Waals surface area contributed by atoms with Gasteiger partial charge in [0.15, 0.2) is 11.6 Å². The van der Waals surface area contributed by atoms with Gasteiger partial charge in [0.25, 0.3) is 0 Å². The van der Waals surface area contributed by atoms with Crippen LogP contribution in [0.15, 0.2) is 40.4 Å². The summed E-state index contributed by atoms with van der Waals surface area (Å²) in [4.78, 5) is 28.9. The van der Waals surface area contributed by atoms with Crippen LogP contribution in [0, 0.1) is 0 Å². The van der Waals surface area contributed by atoms with Crippen LogP contribution in [0.3, 0.4) is 0 Å². The minimum absolute atomic E-state index is 0.0591. The van der Waals surface area contributed by atoms with Crippen molar-refractivity contribution in [1.82, 2.24) is 14.8 Å². The maximum atomic E-state index is 12.6. The van der Waals surface area contributed by atoms with Gasteiger partial charge in [-0.2, -0.15) is 4.98 Å². The average molecular weight is 355 g/mol. The molecule has 0 amide bonds. The third kappa shape index (κ3) is 2.62. The average Bonchev–Trinajstić information content (AvgIpc) is 3.04. The molecule has 1 atom stereocenters. The predicted molar refractivity (Wildman–Crippen MR) is 90.2 cm³/mol. The second-order valence-electron chi connectivity index (χ2n) is 5.96. The van der Waals surface area contributed by atoms with Gasteiger partial charge in [-0.05, 0) is 36.8 Å². The molecule has 0 spiro atoms. The Hall–Kier alpha value is -2.61. The normalized spacial score (nSPS) is 19.2. The Morgan fingerprint density at radius 3 is 2.76 bits per heavy atom. The number of benzene rings is 1. The first-order chi connectivity index (χ1) is 12.1. The van der Waals surface area contributed by atoms with E-state index in [4.69, 9.17) is 0 Å². The molecule has 0 unspecified atom stereocenters. The molecule has 1 aliphatic heterocycles. The summed E-state index contributed by atoms with van der Waals surface area (Å²) in [6, 6.07) is 7.37. The van der Waals surface area contributed by atoms with Crippen molar-refractivity contribution in [2.75, 3.05) is 11.6 Å². The quantitative estimate of drug-likeness (QED) is 0.830. The summed E-state index contributed by atoms with van der Waals surface area (Å²) in [5, 5.41) is 18.3. The van der Waals surface area contributed by atoms with Crippen LogP contribution in [-0.4, -0.2) is 32.8 Å². The Labute approximate surface area is 148 Å². The first-order valence-electron chi connectivity index (χ1n) is 7.93. The van der Waals surface area contributed by atoms with E-state index in [0.717, 1.165) is 29.0 Å². The number of carboxylic acids is 1. The molecule has 25 heavy (non-hydrogen) atoms. The van der Waals surface area contributed by atoms with Crippen LogP contribution < -0.4 is 10.4 Å². The number of carbonyl (C=O) groups is 2. The van der Waals surface area contributed by atoms with Gasteiger partial charge in [0.05, 0.1) is 0 Å². The maximum Gasteiger partial charge on any atom is 0.226 e. The van der Waals surface area contributed by atoms with Crippen LogP contribution in [0.4, 0.5) is 5.95 Å². The summed E-state index contributed by atoms with van der Waals surface area (Å²) >= 11 is 1.63. The third-order valence-corrected chi connectivity index (χ3v) is 5.23. The number of thioether (sulfide) groups is 1. The third-order valence-electron chi connectivity index (χ3n) is 4.48. The number of hydrogen-bond acceptors (Lipinski definition) is 7. The van der Waals surface area contributed by atoms with Crippen LogP contribution >= 0.6 is 11.8 Å². The second kappa shape index (κ2) is 6.03. The minimum Gasteiger partial charge on any atom is -0.541 e. The van der Waals surface area contributed by atoms with Crippen LogP contribution in [0.2, 0.25) is 0 Å². The maximum absolute atomic E-state index is 12.6. The highest BCUT2D eigenvalue weighted by atomic mass is 32.2. The largest absolute Gasteiger partial charge is 0.541 e. The van der Waals surface area contributed by atoms with Crippen molar-refractivity contribution in [2.45, 2.75) is 30.2 Å². The fourth-order valence-electron chi connectivity index (χ4n) is 3.34. The molecule has 0 fully saturated rings. The zero-order chi connectivity index (χ0) is 17.6. The van der Waals surface area contributed by atoms with E-state index in [1.165, 1.54) is 4.68 Å². The summed E-state index contributed by atoms with van der Waals surface area (Å²) < 4.78 is 1.47. The second-order valence-corrected chi connectivity index (χ2v) is 6.84. The van der Waals surface area contributed by atoms with Gasteiger partial charge in [-0.25, -0.2) is 4.68 Å². The van der Waals surface area contributed by atoms with Gasteiger partial charge < -0.3 is 15.2 Å². The molecule has 0 saturated carbocycles. The van der Waals surface area contributed by atoms with Gasteiger partial charge >= 0.3 is 0 Å². The number of aromatic carboxylic acids is 1. The van der Waals surface area contributed by atoms with Crippen molar-refractivity contribution in [2.24, 2.45) is 0 Å². The standard InChI is InChI=1S/C17H16N4O3S/c1-25-10-7-5-9(6-8-10)14-13-11(3-2-4-12(13)22)18-17-19-15(16(23)24)20-21(14)17/h5-8,14H,2-4H2,1H3,(H,23,24)(H,18,19,20)/p-1/t14-/m0/s1. The first kappa shape index (κ1) is 15.9. The molecule has 1 aromatic heterocycles. The van der Waals surface area contributed by atoms with Gasteiger partial charge in [-0.3, -0.25) is 4.79 Å². The SMILES string of the molecule is CSc1ccc([C@H]2C3=C(CCCC3=O)Nc3nc(C(=O)[O-])nn32)cc1. The van der Waals surface area contributed by atoms with Crippen LogP contribution in [0.1, 0.15) is 41.5 Å². The fourth-order valence-corrected chi connectivity index (χ4v) is 3.75. The summed E-state index contributed by atoms with van der Waals surface area (Å²) in [6.07, 6.45) is 3.97. The Kier molecular flexibility index (Phi) is 3.84. The molecule has 0 bridgehead atoms. The molecular formula is C17H15N4O3S-. The molecule has 2 aromatic rings. The van der Waals surface area contributed by atoms with E-state index in [0.29, 0.717) is 17.9 Å². The number of nitrogens with one attached hydrogen (secondary N) is 1. The Bertz CT molecular complexity index is 901. The zero-order valence-corrected chi connectivity index (χ0v) is 14.3. The number of hydrogen-bond donors (Lipinski definition) is 1. The van der Waals surface area contributed by atoms with E-state index in [9.17, 15) is 14.7 Å². The summed E-state index contributed by atoms with van der Waals surface area (Å²) in [7, 11) is 0. The predicted octanol–water partition coefficient (Wildman–Crippen LogP) is 1.39. The van der Waals surface area contributed by atoms with Gasteiger partial charge in [0, 0.05) is 22.6 Å². The molecule has 0 radical (unpaired) electrons. The molecular weight excluding hydrogens is 340 g/mol. The molecule has 2 heterocycles. The van der Waals surface area contributed by atoms with Gasteiger partial charge in [0.1, 0.15) is 12.0 Å². The lowest BCUT2D eigenvalue weighted by Gasteiger charge is -2.32. The van der Waals surface area contributed by atoms with Crippen molar-refractivity contribution in [3.63, 3.8) is 0 Å². The molecule has 128 valence electrons. The molecule has 2 aliphatic rings. The van der Waals surface area contributed by atoms with E-state index in [1.54, 1.807) is 11.8 Å². The van der Waals surface area contributed by atoms with E-state index < -0.39 is 12.0 Å². The number of aromatic nitrogens is 3. The van der Waals surface area contributed by atoms with Crippen molar-refractivity contribution >= 4 is 29.5 Å². The topological polar surface area (TPSA) is 99.9 Å². The Morgan fingerprint density at radius 2 is 2.08 bits per heavy atom. The van der Waals surface area contributed by atoms with E-state index in [2.05, 4.69) is 15.4 Å². The van der Waals surface area contributed by atoms with E-state index in [1.807, 2.05) is 30.5 Å². The van der Waals surface area contributed by atoms with Crippen molar-refractivity contribution in [3.8, 4) is 0 Å². The van der Waals surface area contributed by atoms with Gasteiger partial charge in [-0.1, -0.05) is 12.1 Å². The number of carboxylic acid groups (broad SMARTS) is 1. The van der Waals surface area contributed by atoms with Crippen LogP contribution in [0.25, 0.3) is 0 Å². The number of rotatable bonds is 3. The Balaban J connectivity index is 1.88. The lowest BCUT2D eigenvalue weighted by molar-refractivity contribution is -0.256. The van der Waals surface area contributed by atoms with E-state index in [-0.39, 0.29) is 11.6 Å². The molecule has 8 heteroatoms. The smallest absolute Gasteiger partial charge is 0.226 e. The molecule has 0 saturated heterocycles. The lowest BCUT2D eigenvalue weighted by atomic mass is 9.85. The molecule has 4 rings (SSSR count). The van der Waals surface area contributed by atoms with Crippen molar-refractivity contribution in [1.29, 1.82) is 0 Å². The number of carbonyl (C=O) groups excluding carboxylic acids is 2. The minimum atomic E-state index is -1.44. The molecule has 7 nitrogen and oxygen atoms in total. The summed E-state index contributed by atoms with van der Waals surface area (Å²) in [5.41, 5.74) is 2.32. The first-order valence-corrected chi connectivity index (χ1v) is 9.16. The van der Waals surface area contributed by atoms with Gasteiger partial charge in [-0.15, -0.1) is 16.9 Å². The Morgan fingerprint density at radius 1 is 1.32 bits per heavy atom. The van der Waals surface area contributed by atoms with Crippen LogP contribution in [0.5, 0.6) is 0 Å². The molecule has 1 aliphatic carbocycles. The lowest BCUT2D eigenvalue weighted by Crippen LogP contribution is -2.31. The number of nitrogens with zero attached hydrogens (tertiary/aromatic N) is 3. The zero-order valence-electron chi connectivity index (χ0n) is 13.5. The fraction of sp³-hybridized carbons (Fsp3) is 0.294. The van der Waals surface area contributed by atoms with Gasteiger partial charge in [0.2, 0.25) is 5.95 Å². The number of anilines is 1. The number of fused-ring (bicyclic) bond motifs is 1. The monoisotopic (exact) mass is 355 g/mol. The summed E-state index contributed by atoms with van der Waals surface area (Å²) in [6.45, 7) is 0. The van der Waals surface area contributed by atoms with Crippen molar-refractivity contribution in [3.05, 3.63) is 46.9 Å². The highest BCUT2D eigenvalue weighted by molar-refractivity contribution is 7.98. The molecule has 1 aromatic carbocycles.